The molecular weight excluding hydrogens is 382 g/mol. The van der Waals surface area contributed by atoms with Gasteiger partial charge in [0, 0.05) is 24.4 Å². The van der Waals surface area contributed by atoms with Crippen molar-refractivity contribution < 1.29 is 18.1 Å². The number of rotatable bonds is 5. The Hall–Kier alpha value is -2.78. The Morgan fingerprint density at radius 2 is 1.89 bits per heavy atom. The Morgan fingerprint density at radius 1 is 1.18 bits per heavy atom. The molecule has 2 aromatic carbocycles. The number of benzene rings is 2. The van der Waals surface area contributed by atoms with Crippen molar-refractivity contribution in [2.75, 3.05) is 11.9 Å². The molecule has 1 aliphatic rings. The monoisotopic (exact) mass is 403 g/mol. The lowest BCUT2D eigenvalue weighted by Gasteiger charge is -2.33. The van der Waals surface area contributed by atoms with Gasteiger partial charge < -0.3 is 5.32 Å². The van der Waals surface area contributed by atoms with E-state index in [4.69, 9.17) is 0 Å². The molecule has 0 saturated carbocycles. The highest BCUT2D eigenvalue weighted by atomic mass is 32.2. The van der Waals surface area contributed by atoms with E-state index in [9.17, 15) is 23.3 Å². The third-order valence-electron chi connectivity index (χ3n) is 4.71. The Labute approximate surface area is 163 Å². The molecule has 0 spiro atoms. The number of carbonyl (C=O) groups is 1. The van der Waals surface area contributed by atoms with Crippen LogP contribution in [-0.2, 0) is 14.8 Å². The van der Waals surface area contributed by atoms with Crippen molar-refractivity contribution in [3.63, 3.8) is 0 Å². The Balaban J connectivity index is 1.84. The molecule has 0 aromatic heterocycles. The number of sulfonamides is 1. The minimum Gasteiger partial charge on any atom is -0.324 e. The lowest BCUT2D eigenvalue weighted by molar-refractivity contribution is -0.384. The van der Waals surface area contributed by atoms with Crippen molar-refractivity contribution >= 4 is 27.3 Å². The van der Waals surface area contributed by atoms with Crippen molar-refractivity contribution in [3.8, 4) is 0 Å². The summed E-state index contributed by atoms with van der Waals surface area (Å²) in [5.41, 5.74) is 1.06. The molecule has 1 fully saturated rings. The Morgan fingerprint density at radius 3 is 2.57 bits per heavy atom. The van der Waals surface area contributed by atoms with Crippen LogP contribution in [0.25, 0.3) is 0 Å². The van der Waals surface area contributed by atoms with Crippen LogP contribution in [0.3, 0.4) is 0 Å². The van der Waals surface area contributed by atoms with Crippen LogP contribution in [0.15, 0.2) is 53.4 Å². The van der Waals surface area contributed by atoms with Crippen molar-refractivity contribution in [1.29, 1.82) is 0 Å². The summed E-state index contributed by atoms with van der Waals surface area (Å²) in [5, 5.41) is 13.5. The Kier molecular flexibility index (Phi) is 5.76. The number of hydrogen-bond donors (Lipinski definition) is 1. The number of non-ortho nitro benzene ring substituents is 1. The van der Waals surface area contributed by atoms with E-state index in [1.54, 1.807) is 12.1 Å². The number of nitrogens with one attached hydrogen (secondary N) is 1. The zero-order valence-electron chi connectivity index (χ0n) is 15.4. The average Bonchev–Trinajstić information content (AvgIpc) is 2.68. The largest absolute Gasteiger partial charge is 0.324 e. The second-order valence-corrected chi connectivity index (χ2v) is 8.63. The van der Waals surface area contributed by atoms with Gasteiger partial charge in [-0.05, 0) is 38.0 Å². The van der Waals surface area contributed by atoms with Crippen LogP contribution in [0, 0.1) is 17.0 Å². The van der Waals surface area contributed by atoms with Gasteiger partial charge in [-0.15, -0.1) is 0 Å². The summed E-state index contributed by atoms with van der Waals surface area (Å²) in [4.78, 5) is 23.3. The third kappa shape index (κ3) is 4.20. The first kappa shape index (κ1) is 20.0. The number of hydrogen-bond acceptors (Lipinski definition) is 5. The Bertz CT molecular complexity index is 989. The van der Waals surface area contributed by atoms with Crippen molar-refractivity contribution in [2.45, 2.75) is 37.1 Å². The first-order chi connectivity index (χ1) is 13.3. The number of anilines is 1. The van der Waals surface area contributed by atoms with Crippen molar-refractivity contribution in [2.24, 2.45) is 0 Å². The fraction of sp³-hybridized carbons (Fsp3) is 0.316. The lowest BCUT2D eigenvalue weighted by atomic mass is 10.0. The van der Waals surface area contributed by atoms with Crippen molar-refractivity contribution in [1.82, 2.24) is 4.31 Å². The molecule has 2 aromatic rings. The number of nitrogens with zero attached hydrogens (tertiary/aromatic N) is 2. The van der Waals surface area contributed by atoms with Gasteiger partial charge in [-0.2, -0.15) is 4.31 Å². The molecule has 1 aliphatic heterocycles. The molecule has 1 atom stereocenters. The molecule has 1 amide bonds. The van der Waals surface area contributed by atoms with Gasteiger partial charge in [-0.1, -0.05) is 30.2 Å². The summed E-state index contributed by atoms with van der Waals surface area (Å²) in [6, 6.07) is 11.2. The fourth-order valence-corrected chi connectivity index (χ4v) is 4.88. The second-order valence-electron chi connectivity index (χ2n) is 6.74. The summed E-state index contributed by atoms with van der Waals surface area (Å²) in [6.45, 7) is 2.12. The van der Waals surface area contributed by atoms with Crippen LogP contribution in [-0.4, -0.2) is 36.1 Å². The van der Waals surface area contributed by atoms with E-state index in [0.717, 1.165) is 12.0 Å². The van der Waals surface area contributed by atoms with E-state index in [0.29, 0.717) is 12.8 Å². The summed E-state index contributed by atoms with van der Waals surface area (Å²) in [7, 11) is -3.82. The molecule has 3 rings (SSSR count). The van der Waals surface area contributed by atoms with Gasteiger partial charge in [0.1, 0.15) is 6.04 Å². The maximum Gasteiger partial charge on any atom is 0.271 e. The highest BCUT2D eigenvalue weighted by molar-refractivity contribution is 7.89. The smallest absolute Gasteiger partial charge is 0.271 e. The first-order valence-corrected chi connectivity index (χ1v) is 10.4. The predicted molar refractivity (Wildman–Crippen MR) is 104 cm³/mol. The van der Waals surface area contributed by atoms with Gasteiger partial charge in [0.2, 0.25) is 15.9 Å². The van der Waals surface area contributed by atoms with Crippen LogP contribution in [0.2, 0.25) is 0 Å². The SMILES string of the molecule is Cc1ccc(S(=O)(=O)N2CCCC[C@@H]2C(=O)Nc2cccc([N+](=O)[O-])c2)cc1. The first-order valence-electron chi connectivity index (χ1n) is 8.93. The van der Waals surface area contributed by atoms with E-state index in [-0.39, 0.29) is 22.8 Å². The summed E-state index contributed by atoms with van der Waals surface area (Å²) >= 11 is 0. The lowest BCUT2D eigenvalue weighted by Crippen LogP contribution is -2.49. The third-order valence-corrected chi connectivity index (χ3v) is 6.63. The highest BCUT2D eigenvalue weighted by Gasteiger charge is 2.37. The van der Waals surface area contributed by atoms with Gasteiger partial charge >= 0.3 is 0 Å². The standard InChI is InChI=1S/C19H21N3O5S/c1-14-8-10-17(11-9-14)28(26,27)21-12-3-2-7-18(21)19(23)20-15-5-4-6-16(13-15)22(24)25/h4-6,8-11,13,18H,2-3,7,12H2,1H3,(H,20,23)/t18-/m1/s1. The molecule has 0 bridgehead atoms. The second kappa shape index (κ2) is 8.07. The van der Waals surface area contributed by atoms with Crippen LogP contribution in [0.5, 0.6) is 0 Å². The molecular formula is C19H21N3O5S. The molecule has 28 heavy (non-hydrogen) atoms. The van der Waals surface area contributed by atoms with Crippen LogP contribution in [0.4, 0.5) is 11.4 Å². The molecule has 1 N–H and O–H groups in total. The molecule has 0 radical (unpaired) electrons. The number of aryl methyl sites for hydroxylation is 1. The number of piperidine rings is 1. The quantitative estimate of drug-likeness (QED) is 0.609. The summed E-state index contributed by atoms with van der Waals surface area (Å²) in [5.74, 6) is -0.490. The molecule has 0 unspecified atom stereocenters. The molecule has 0 aliphatic carbocycles. The maximum absolute atomic E-state index is 13.1. The molecule has 8 nitrogen and oxygen atoms in total. The number of carbonyl (C=O) groups excluding carboxylic acids is 1. The maximum atomic E-state index is 13.1. The van der Waals surface area contributed by atoms with E-state index in [2.05, 4.69) is 5.32 Å². The van der Waals surface area contributed by atoms with Crippen LogP contribution < -0.4 is 5.32 Å². The number of amides is 1. The van der Waals surface area contributed by atoms with Gasteiger partial charge in [-0.3, -0.25) is 14.9 Å². The molecule has 1 heterocycles. The van der Waals surface area contributed by atoms with E-state index in [1.165, 1.54) is 40.7 Å². The normalized spacial score (nSPS) is 17.8. The van der Waals surface area contributed by atoms with E-state index < -0.39 is 26.9 Å². The zero-order chi connectivity index (χ0) is 20.3. The van der Waals surface area contributed by atoms with Crippen molar-refractivity contribution in [3.05, 3.63) is 64.2 Å². The minimum atomic E-state index is -3.82. The molecule has 1 saturated heterocycles. The van der Waals surface area contributed by atoms with Crippen LogP contribution in [0.1, 0.15) is 24.8 Å². The predicted octanol–water partition coefficient (Wildman–Crippen LogP) is 3.09. The summed E-state index contributed by atoms with van der Waals surface area (Å²) < 4.78 is 27.4. The topological polar surface area (TPSA) is 110 Å². The van der Waals surface area contributed by atoms with Gasteiger partial charge in [-0.25, -0.2) is 8.42 Å². The van der Waals surface area contributed by atoms with E-state index >= 15 is 0 Å². The number of nitro benzene ring substituents is 1. The van der Waals surface area contributed by atoms with Gasteiger partial charge in [0.05, 0.1) is 9.82 Å². The van der Waals surface area contributed by atoms with E-state index in [1.807, 2.05) is 6.92 Å². The fourth-order valence-electron chi connectivity index (χ4n) is 3.22. The van der Waals surface area contributed by atoms with Gasteiger partial charge in [0.15, 0.2) is 0 Å². The molecule has 9 heteroatoms. The average molecular weight is 403 g/mol. The number of nitro groups is 1. The molecule has 148 valence electrons. The minimum absolute atomic E-state index is 0.146. The van der Waals surface area contributed by atoms with Gasteiger partial charge in [0.25, 0.3) is 5.69 Å². The summed E-state index contributed by atoms with van der Waals surface area (Å²) in [6.07, 6.45) is 1.80. The highest BCUT2D eigenvalue weighted by Crippen LogP contribution is 2.27. The zero-order valence-corrected chi connectivity index (χ0v) is 16.2. The van der Waals surface area contributed by atoms with Crippen LogP contribution >= 0.6 is 0 Å².